The molecule has 0 bridgehead atoms. The first-order valence-electron chi connectivity index (χ1n) is 4.79. The summed E-state index contributed by atoms with van der Waals surface area (Å²) in [5.74, 6) is 2.97. The van der Waals surface area contributed by atoms with E-state index in [0.717, 1.165) is 22.4 Å². The molecule has 0 fully saturated rings. The van der Waals surface area contributed by atoms with Crippen LogP contribution in [-0.2, 0) is 0 Å². The molecule has 0 aromatic rings. The highest BCUT2D eigenvalue weighted by Crippen LogP contribution is 2.23. The van der Waals surface area contributed by atoms with Gasteiger partial charge < -0.3 is 0 Å². The summed E-state index contributed by atoms with van der Waals surface area (Å²) in [6.07, 6.45) is 1.29. The molecule has 0 aliphatic rings. The van der Waals surface area contributed by atoms with Crippen LogP contribution in [0.2, 0.25) is 0 Å². The Morgan fingerprint density at radius 2 is 1.83 bits per heavy atom. The lowest BCUT2D eigenvalue weighted by atomic mass is 10.1. The van der Waals surface area contributed by atoms with Crippen LogP contribution in [0.15, 0.2) is 0 Å². The molecule has 2 unspecified atom stereocenters. The van der Waals surface area contributed by atoms with Gasteiger partial charge in [0, 0.05) is 10.6 Å². The minimum atomic E-state index is 0.804. The molecule has 0 aliphatic carbocycles. The Kier molecular flexibility index (Phi) is 7.76. The maximum Gasteiger partial charge on any atom is 0.00674 e. The average molecular weight is 253 g/mol. The van der Waals surface area contributed by atoms with E-state index in [1.165, 1.54) is 12.2 Å². The predicted octanol–water partition coefficient (Wildman–Crippen LogP) is 4.19. The van der Waals surface area contributed by atoms with E-state index < -0.39 is 0 Å². The molecule has 0 saturated heterocycles. The normalized spacial score (nSPS) is 16.5. The molecule has 0 saturated carbocycles. The summed E-state index contributed by atoms with van der Waals surface area (Å²) >= 11 is 5.66. The van der Waals surface area contributed by atoms with E-state index >= 15 is 0 Å². The third-order valence-electron chi connectivity index (χ3n) is 2.33. The second kappa shape index (κ2) is 7.25. The predicted molar refractivity (Wildman–Crippen MR) is 64.3 cm³/mol. The number of alkyl halides is 1. The molecule has 2 atom stereocenters. The fourth-order valence-electron chi connectivity index (χ4n) is 0.752. The van der Waals surface area contributed by atoms with Crippen molar-refractivity contribution in [3.05, 3.63) is 0 Å². The van der Waals surface area contributed by atoms with E-state index in [9.17, 15) is 0 Å². The van der Waals surface area contributed by atoms with Crippen molar-refractivity contribution >= 4 is 27.7 Å². The summed E-state index contributed by atoms with van der Waals surface area (Å²) < 4.78 is 0. The van der Waals surface area contributed by atoms with Gasteiger partial charge in [0.15, 0.2) is 0 Å². The molecule has 0 aromatic heterocycles. The first-order valence-corrected chi connectivity index (χ1v) is 6.96. The molecular weight excluding hydrogens is 232 g/mol. The molecule has 0 N–H and O–H groups in total. The van der Waals surface area contributed by atoms with Crippen LogP contribution >= 0.6 is 27.7 Å². The Morgan fingerprint density at radius 1 is 1.25 bits per heavy atom. The molecule has 0 rings (SSSR count). The molecule has 0 heterocycles. The maximum absolute atomic E-state index is 3.55. The molecular formula is C10H21BrS. The second-order valence-corrected chi connectivity index (χ2v) is 5.77. The van der Waals surface area contributed by atoms with E-state index in [-0.39, 0.29) is 0 Å². The quantitative estimate of drug-likeness (QED) is 0.640. The van der Waals surface area contributed by atoms with Crippen LogP contribution in [0.3, 0.4) is 0 Å². The third kappa shape index (κ3) is 5.47. The van der Waals surface area contributed by atoms with E-state index in [4.69, 9.17) is 0 Å². The van der Waals surface area contributed by atoms with Crippen molar-refractivity contribution in [1.29, 1.82) is 0 Å². The lowest BCUT2D eigenvalue weighted by molar-refractivity contribution is 0.625. The number of hydrogen-bond donors (Lipinski definition) is 0. The number of rotatable bonds is 6. The van der Waals surface area contributed by atoms with Crippen molar-refractivity contribution in [2.24, 2.45) is 11.8 Å². The van der Waals surface area contributed by atoms with Crippen molar-refractivity contribution in [3.63, 3.8) is 0 Å². The Balaban J connectivity index is 3.51. The minimum absolute atomic E-state index is 0.804. The first kappa shape index (κ1) is 12.8. The van der Waals surface area contributed by atoms with Gasteiger partial charge in [0.25, 0.3) is 0 Å². The molecule has 12 heavy (non-hydrogen) atoms. The monoisotopic (exact) mass is 252 g/mol. The van der Waals surface area contributed by atoms with Crippen LogP contribution in [0.5, 0.6) is 0 Å². The van der Waals surface area contributed by atoms with Gasteiger partial charge in [-0.1, -0.05) is 50.0 Å². The molecule has 0 radical (unpaired) electrons. The van der Waals surface area contributed by atoms with Gasteiger partial charge in [0.1, 0.15) is 0 Å². The maximum atomic E-state index is 3.55. The smallest absolute Gasteiger partial charge is 0.00674 e. The van der Waals surface area contributed by atoms with Gasteiger partial charge in [0.05, 0.1) is 0 Å². The van der Waals surface area contributed by atoms with E-state index in [1.807, 2.05) is 0 Å². The van der Waals surface area contributed by atoms with Crippen molar-refractivity contribution in [3.8, 4) is 0 Å². The molecule has 0 nitrogen and oxygen atoms in total. The fraction of sp³-hybridized carbons (Fsp3) is 1.00. The van der Waals surface area contributed by atoms with Gasteiger partial charge >= 0.3 is 0 Å². The summed E-state index contributed by atoms with van der Waals surface area (Å²) in [4.78, 5) is 0. The second-order valence-electron chi connectivity index (χ2n) is 3.71. The highest BCUT2D eigenvalue weighted by molar-refractivity contribution is 9.09. The van der Waals surface area contributed by atoms with E-state index in [2.05, 4.69) is 55.4 Å². The molecule has 0 aliphatic heterocycles. The van der Waals surface area contributed by atoms with E-state index in [0.29, 0.717) is 0 Å². The lowest BCUT2D eigenvalue weighted by Gasteiger charge is -2.18. The molecule has 74 valence electrons. The van der Waals surface area contributed by atoms with Crippen molar-refractivity contribution in [1.82, 2.24) is 0 Å². The van der Waals surface area contributed by atoms with Gasteiger partial charge in [-0.05, 0) is 17.6 Å². The lowest BCUT2D eigenvalue weighted by Crippen LogP contribution is -2.11. The topological polar surface area (TPSA) is 0 Å². The molecule has 0 amide bonds. The summed E-state index contributed by atoms with van der Waals surface area (Å²) in [7, 11) is 0. The summed E-state index contributed by atoms with van der Waals surface area (Å²) in [5, 5.41) is 1.96. The van der Waals surface area contributed by atoms with Crippen LogP contribution in [0, 0.1) is 11.8 Å². The van der Waals surface area contributed by atoms with Crippen molar-refractivity contribution in [2.45, 2.75) is 39.4 Å². The van der Waals surface area contributed by atoms with Crippen LogP contribution in [-0.4, -0.2) is 16.3 Å². The fourth-order valence-corrected chi connectivity index (χ4v) is 3.06. The summed E-state index contributed by atoms with van der Waals surface area (Å²) in [5.41, 5.74) is 0. The van der Waals surface area contributed by atoms with Crippen molar-refractivity contribution in [2.75, 3.05) is 11.1 Å². The largest absolute Gasteiger partial charge is 0.158 e. The van der Waals surface area contributed by atoms with Gasteiger partial charge in [-0.15, -0.1) is 0 Å². The zero-order valence-corrected chi connectivity index (χ0v) is 11.0. The minimum Gasteiger partial charge on any atom is -0.158 e. The van der Waals surface area contributed by atoms with Crippen LogP contribution in [0.4, 0.5) is 0 Å². The van der Waals surface area contributed by atoms with Gasteiger partial charge in [-0.25, -0.2) is 0 Å². The summed E-state index contributed by atoms with van der Waals surface area (Å²) in [6.45, 7) is 9.20. The van der Waals surface area contributed by atoms with Gasteiger partial charge in [-0.2, -0.15) is 11.8 Å². The van der Waals surface area contributed by atoms with Crippen LogP contribution in [0.1, 0.15) is 34.1 Å². The third-order valence-corrected chi connectivity index (χ3v) is 4.98. The molecule has 2 heteroatoms. The van der Waals surface area contributed by atoms with Crippen LogP contribution < -0.4 is 0 Å². The van der Waals surface area contributed by atoms with Crippen LogP contribution in [0.25, 0.3) is 0 Å². The Labute approximate surface area is 90.0 Å². The summed E-state index contributed by atoms with van der Waals surface area (Å²) in [6, 6.07) is 0. The number of hydrogen-bond acceptors (Lipinski definition) is 1. The first-order chi connectivity index (χ1) is 5.61. The standard InChI is InChI=1S/C10H21BrS/c1-5-10(6-11)7-12-9(4)8(2)3/h8-10H,5-7H2,1-4H3. The van der Waals surface area contributed by atoms with E-state index in [1.54, 1.807) is 0 Å². The van der Waals surface area contributed by atoms with Crippen molar-refractivity contribution < 1.29 is 0 Å². The Morgan fingerprint density at radius 3 is 2.17 bits per heavy atom. The van der Waals surface area contributed by atoms with Gasteiger partial charge in [0.2, 0.25) is 0 Å². The number of halogens is 1. The SMILES string of the molecule is CCC(CBr)CSC(C)C(C)C. The van der Waals surface area contributed by atoms with Gasteiger partial charge in [-0.3, -0.25) is 0 Å². The highest BCUT2D eigenvalue weighted by atomic mass is 79.9. The Bertz CT molecular complexity index is 98.0. The zero-order chi connectivity index (χ0) is 9.56. The molecule has 0 spiro atoms. The number of thioether (sulfide) groups is 1. The Hall–Kier alpha value is 0.830. The zero-order valence-electron chi connectivity index (χ0n) is 8.64. The highest BCUT2D eigenvalue weighted by Gasteiger charge is 2.10. The molecule has 0 aromatic carbocycles. The average Bonchev–Trinajstić information content (AvgIpc) is 2.05.